The smallest absolute Gasteiger partial charge is 0.0235 e. The van der Waals surface area contributed by atoms with E-state index in [1.165, 1.54) is 0 Å². The Bertz CT molecular complexity index is 53.8. The highest BCUT2D eigenvalue weighted by Gasteiger charge is 1.78. The summed E-state index contributed by atoms with van der Waals surface area (Å²) in [6, 6.07) is 0. The lowest BCUT2D eigenvalue weighted by atomic mass is 11.9. The maximum absolute atomic E-state index is 4.92. The van der Waals surface area contributed by atoms with Crippen LogP contribution < -0.4 is 0 Å². The average Bonchev–Trinajstić information content (AvgIpc) is 0.722. The van der Waals surface area contributed by atoms with Crippen molar-refractivity contribution >= 4 is 38.2 Å². The number of rotatable bonds is 0. The fourth-order valence-electron chi connectivity index (χ4n) is 0. The summed E-state index contributed by atoms with van der Waals surface area (Å²) < 4.78 is 0. The van der Waals surface area contributed by atoms with Crippen molar-refractivity contribution in [3.63, 3.8) is 0 Å². The van der Waals surface area contributed by atoms with Crippen LogP contribution in [0.2, 0.25) is 0 Å². The van der Waals surface area contributed by atoms with Crippen LogP contribution in [0.3, 0.4) is 0 Å². The zero-order valence-electron chi connectivity index (χ0n) is 3.23. The Hall–Kier alpha value is 1.30. The molecule has 0 heterocycles. The topological polar surface area (TPSA) is 0 Å². The lowest BCUT2D eigenvalue weighted by Crippen LogP contribution is -1.85. The molecule has 3 heteroatoms. The van der Waals surface area contributed by atoms with Crippen molar-refractivity contribution in [3.05, 3.63) is 0 Å². The first-order chi connectivity index (χ1) is 2.00. The largest absolute Gasteiger partial charge is 0.164 e. The minimum atomic E-state index is -0.836. The highest BCUT2D eigenvalue weighted by Crippen LogP contribution is 2.02. The highest BCUT2D eigenvalue weighted by molar-refractivity contribution is 14.2. The normalized spacial score (nSPS) is 15.0. The van der Waals surface area contributed by atoms with E-state index in [9.17, 15) is 0 Å². The van der Waals surface area contributed by atoms with E-state index in [0.29, 0.717) is 0 Å². The molecule has 0 aliphatic carbocycles. The monoisotopic (exact) mass is 222 g/mol. The standard InChI is InChI=1S/C2H7IS2/c1-5(2,3)4/h5H,1-2H3. The van der Waals surface area contributed by atoms with Gasteiger partial charge in [-0.05, 0) is 33.7 Å². The van der Waals surface area contributed by atoms with Crippen molar-refractivity contribution in [1.29, 1.82) is 0 Å². The summed E-state index contributed by atoms with van der Waals surface area (Å²) in [6.45, 7) is 0. The Morgan fingerprint density at radius 2 is 1.60 bits per heavy atom. The highest BCUT2D eigenvalue weighted by atomic mass is 127. The van der Waals surface area contributed by atoms with Gasteiger partial charge in [0.15, 0.2) is 0 Å². The van der Waals surface area contributed by atoms with Crippen LogP contribution in [0, 0.1) is 0 Å². The van der Waals surface area contributed by atoms with E-state index in [0.717, 1.165) is 0 Å². The Morgan fingerprint density at radius 3 is 1.60 bits per heavy atom. The first-order valence-corrected chi connectivity index (χ1v) is 7.73. The molecule has 0 unspecified atom stereocenters. The van der Waals surface area contributed by atoms with E-state index in [1.54, 1.807) is 0 Å². The molecule has 0 saturated carbocycles. The first kappa shape index (κ1) is 6.30. The van der Waals surface area contributed by atoms with Crippen LogP contribution in [0.4, 0.5) is 0 Å². The van der Waals surface area contributed by atoms with Crippen molar-refractivity contribution in [1.82, 2.24) is 0 Å². The third kappa shape index (κ3) is 34.2. The molecular formula is C2H7IS2. The molecule has 0 aliphatic heterocycles. The predicted molar refractivity (Wildman–Crippen MR) is 42.0 cm³/mol. The van der Waals surface area contributed by atoms with Gasteiger partial charge >= 0.3 is 0 Å². The second kappa shape index (κ2) is 1.84. The van der Waals surface area contributed by atoms with Crippen LogP contribution in [-0.2, 0) is 16.9 Å². The maximum atomic E-state index is 4.92. The molecule has 0 aromatic carbocycles. The molecule has 5 heavy (non-hydrogen) atoms. The van der Waals surface area contributed by atoms with Gasteiger partial charge in [-0.2, -0.15) is 5.76 Å². The van der Waals surface area contributed by atoms with Crippen LogP contribution in [-0.4, -0.2) is 12.5 Å². The summed E-state index contributed by atoms with van der Waals surface area (Å²) in [7, 11) is 0. The van der Waals surface area contributed by atoms with Crippen molar-refractivity contribution in [3.8, 4) is 0 Å². The van der Waals surface area contributed by atoms with Crippen molar-refractivity contribution in [2.75, 3.05) is 12.5 Å². The molecule has 0 radical (unpaired) electrons. The summed E-state index contributed by atoms with van der Waals surface area (Å²) in [5, 5.41) is 0. The van der Waals surface area contributed by atoms with Gasteiger partial charge in [-0.25, -0.2) is 0 Å². The zero-order chi connectivity index (χ0) is 4.50. The SMILES string of the molecule is C[SH](C)(=S)I. The number of halogens is 1. The van der Waals surface area contributed by atoms with Gasteiger partial charge in [0.25, 0.3) is 0 Å². The Kier molecular flexibility index (Phi) is 2.32. The first-order valence-electron chi connectivity index (χ1n) is 1.25. The summed E-state index contributed by atoms with van der Waals surface area (Å²) in [5.41, 5.74) is 0. The molecule has 0 saturated heterocycles. The molecule has 0 spiro atoms. The lowest BCUT2D eigenvalue weighted by Gasteiger charge is -1.97. The summed E-state index contributed by atoms with van der Waals surface area (Å²) in [4.78, 5) is 0. The van der Waals surface area contributed by atoms with Crippen LogP contribution in [0.1, 0.15) is 0 Å². The van der Waals surface area contributed by atoms with Crippen molar-refractivity contribution in [2.24, 2.45) is 0 Å². The van der Waals surface area contributed by atoms with Gasteiger partial charge in [0.05, 0.1) is 0 Å². The Balaban J connectivity index is 3.47. The number of thiol groups is 1. The van der Waals surface area contributed by atoms with E-state index < -0.39 is 5.76 Å². The van der Waals surface area contributed by atoms with Gasteiger partial charge in [-0.3, -0.25) is 0 Å². The van der Waals surface area contributed by atoms with E-state index in [1.807, 2.05) is 0 Å². The van der Waals surface area contributed by atoms with Crippen LogP contribution in [0.5, 0.6) is 0 Å². The molecule has 34 valence electrons. The number of hydrogen-bond donors (Lipinski definition) is 1. The van der Waals surface area contributed by atoms with E-state index >= 15 is 0 Å². The molecule has 0 aliphatic rings. The summed E-state index contributed by atoms with van der Waals surface area (Å²) >= 11 is 7.23. The third-order valence-electron chi connectivity index (χ3n) is 0. The molecule has 0 bridgehead atoms. The maximum Gasteiger partial charge on any atom is -0.0235 e. The summed E-state index contributed by atoms with van der Waals surface area (Å²) in [5.74, 6) is -0.836. The van der Waals surface area contributed by atoms with Gasteiger partial charge < -0.3 is 0 Å². The molecule has 0 nitrogen and oxygen atoms in total. The average molecular weight is 222 g/mol. The Labute approximate surface area is 50.5 Å². The molecule has 0 N–H and O–H groups in total. The van der Waals surface area contributed by atoms with E-state index in [-0.39, 0.29) is 0 Å². The fraction of sp³-hybridized carbons (Fsp3) is 1.00. The molecular weight excluding hydrogens is 215 g/mol. The molecule has 0 atom stereocenters. The third-order valence-corrected chi connectivity index (χ3v) is 0. The van der Waals surface area contributed by atoms with Crippen LogP contribution in [0.25, 0.3) is 0 Å². The fourth-order valence-corrected chi connectivity index (χ4v) is 0. The van der Waals surface area contributed by atoms with Gasteiger partial charge in [0.1, 0.15) is 0 Å². The minimum Gasteiger partial charge on any atom is -0.164 e. The van der Waals surface area contributed by atoms with Crippen molar-refractivity contribution < 1.29 is 0 Å². The second-order valence-electron chi connectivity index (χ2n) is 1.22. The van der Waals surface area contributed by atoms with Gasteiger partial charge in [0.2, 0.25) is 0 Å². The number of hydrogen-bond acceptors (Lipinski definition) is 1. The zero-order valence-corrected chi connectivity index (χ0v) is 7.10. The molecule has 0 aromatic rings. The lowest BCUT2D eigenvalue weighted by molar-refractivity contribution is 2.34. The Morgan fingerprint density at radius 1 is 1.60 bits per heavy atom. The summed E-state index contributed by atoms with van der Waals surface area (Å²) in [6.07, 6.45) is 4.20. The van der Waals surface area contributed by atoms with Gasteiger partial charge in [-0.15, -0.1) is 0 Å². The predicted octanol–water partition coefficient (Wildman–Crippen LogP) is 0.944. The van der Waals surface area contributed by atoms with Crippen LogP contribution >= 0.6 is 21.2 Å². The van der Waals surface area contributed by atoms with E-state index in [4.69, 9.17) is 11.2 Å². The second-order valence-corrected chi connectivity index (χ2v) is 15.6. The quantitative estimate of drug-likeness (QED) is 0.361. The molecule has 0 aromatic heterocycles. The van der Waals surface area contributed by atoms with Crippen molar-refractivity contribution in [2.45, 2.75) is 0 Å². The molecule has 0 amide bonds. The molecule has 0 fully saturated rings. The van der Waals surface area contributed by atoms with E-state index in [2.05, 4.69) is 33.7 Å². The van der Waals surface area contributed by atoms with Gasteiger partial charge in [-0.1, -0.05) is 11.2 Å². The van der Waals surface area contributed by atoms with Gasteiger partial charge in [0, 0.05) is 0 Å². The minimum absolute atomic E-state index is 0.836. The molecule has 0 rings (SSSR count). The van der Waals surface area contributed by atoms with Crippen LogP contribution in [0.15, 0.2) is 0 Å².